The zero-order valence-electron chi connectivity index (χ0n) is 11.5. The van der Waals surface area contributed by atoms with Crippen LogP contribution >= 0.6 is 11.3 Å². The Kier molecular flexibility index (Phi) is 3.92. The Morgan fingerprint density at radius 3 is 2.52 bits per heavy atom. The van der Waals surface area contributed by atoms with Crippen molar-refractivity contribution < 1.29 is 17.9 Å². The van der Waals surface area contributed by atoms with E-state index < -0.39 is 12.3 Å². The summed E-state index contributed by atoms with van der Waals surface area (Å²) < 4.78 is 45.7. The summed E-state index contributed by atoms with van der Waals surface area (Å²) in [5.74, 6) is 0.0804. The highest BCUT2D eigenvalue weighted by molar-refractivity contribution is 7.19. The van der Waals surface area contributed by atoms with E-state index in [2.05, 4.69) is 4.98 Å². The van der Waals surface area contributed by atoms with Crippen LogP contribution in [0, 0.1) is 11.3 Å². The fraction of sp³-hybridized carbons (Fsp3) is 0.125. The van der Waals surface area contributed by atoms with Crippen LogP contribution in [0.5, 0.6) is 5.75 Å². The lowest BCUT2D eigenvalue weighted by molar-refractivity contribution is -0.197. The van der Waals surface area contributed by atoms with Gasteiger partial charge in [-0.1, -0.05) is 30.3 Å². The van der Waals surface area contributed by atoms with E-state index in [-0.39, 0.29) is 16.3 Å². The van der Waals surface area contributed by atoms with Crippen LogP contribution in [0.25, 0.3) is 10.2 Å². The first-order valence-electron chi connectivity index (χ1n) is 6.56. The molecule has 0 radical (unpaired) electrons. The number of nitrogens with zero attached hydrogens (tertiary/aromatic N) is 2. The average molecular weight is 334 g/mol. The SMILES string of the molecule is N#Cc1nc2ccc(OC(c3ccccc3)C(F)(F)F)cc2s1. The summed E-state index contributed by atoms with van der Waals surface area (Å²) in [5, 5.41) is 9.08. The molecule has 1 heterocycles. The fourth-order valence-electron chi connectivity index (χ4n) is 2.11. The van der Waals surface area contributed by atoms with Crippen LogP contribution in [0.3, 0.4) is 0 Å². The molecule has 0 amide bonds. The van der Waals surface area contributed by atoms with Crippen molar-refractivity contribution in [3.63, 3.8) is 0 Å². The molecule has 1 atom stereocenters. The Morgan fingerprint density at radius 2 is 1.87 bits per heavy atom. The van der Waals surface area contributed by atoms with Crippen molar-refractivity contribution in [2.45, 2.75) is 12.3 Å². The predicted octanol–water partition coefficient (Wildman–Crippen LogP) is 4.85. The maximum Gasteiger partial charge on any atom is 0.429 e. The van der Waals surface area contributed by atoms with E-state index in [1.165, 1.54) is 36.4 Å². The molecule has 0 aliphatic rings. The molecule has 116 valence electrons. The Bertz CT molecular complexity index is 868. The minimum Gasteiger partial charge on any atom is -0.476 e. The number of halogens is 3. The molecule has 0 fully saturated rings. The third-order valence-corrected chi connectivity index (χ3v) is 4.03. The van der Waals surface area contributed by atoms with Crippen molar-refractivity contribution in [2.24, 2.45) is 0 Å². The largest absolute Gasteiger partial charge is 0.476 e. The van der Waals surface area contributed by atoms with Crippen molar-refractivity contribution in [3.05, 3.63) is 59.1 Å². The van der Waals surface area contributed by atoms with Crippen molar-refractivity contribution >= 4 is 21.6 Å². The number of nitriles is 1. The highest BCUT2D eigenvalue weighted by atomic mass is 32.1. The van der Waals surface area contributed by atoms with E-state index in [9.17, 15) is 13.2 Å². The summed E-state index contributed by atoms with van der Waals surface area (Å²) in [6, 6.07) is 13.8. The number of aromatic nitrogens is 1. The normalized spacial score (nSPS) is 12.8. The molecule has 3 nitrogen and oxygen atoms in total. The molecular weight excluding hydrogens is 325 g/mol. The first-order valence-corrected chi connectivity index (χ1v) is 7.38. The van der Waals surface area contributed by atoms with Crippen molar-refractivity contribution in [1.82, 2.24) is 4.98 Å². The number of benzene rings is 2. The molecule has 2 aromatic carbocycles. The van der Waals surface area contributed by atoms with Crippen LogP contribution in [-0.2, 0) is 0 Å². The second-order valence-electron chi connectivity index (χ2n) is 4.71. The van der Waals surface area contributed by atoms with Crippen molar-refractivity contribution in [1.29, 1.82) is 5.26 Å². The highest BCUT2D eigenvalue weighted by Gasteiger charge is 2.43. The lowest BCUT2D eigenvalue weighted by atomic mass is 10.1. The molecule has 0 bridgehead atoms. The minimum absolute atomic E-state index is 0.0297. The first kappa shape index (κ1) is 15.3. The van der Waals surface area contributed by atoms with Gasteiger partial charge in [-0.2, -0.15) is 18.4 Å². The van der Waals surface area contributed by atoms with Gasteiger partial charge in [-0.15, -0.1) is 11.3 Å². The highest BCUT2D eigenvalue weighted by Crippen LogP contribution is 2.37. The molecule has 3 aromatic rings. The zero-order chi connectivity index (χ0) is 16.4. The summed E-state index contributed by atoms with van der Waals surface area (Å²) >= 11 is 1.11. The number of ether oxygens (including phenoxy) is 1. The molecule has 0 saturated heterocycles. The van der Waals surface area contributed by atoms with E-state index in [0.717, 1.165) is 11.3 Å². The number of hydrogen-bond donors (Lipinski definition) is 0. The molecule has 3 rings (SSSR count). The van der Waals surface area contributed by atoms with Gasteiger partial charge in [0.2, 0.25) is 6.10 Å². The Labute approximate surface area is 133 Å². The molecule has 7 heteroatoms. The third-order valence-electron chi connectivity index (χ3n) is 3.11. The van der Waals surface area contributed by atoms with Gasteiger partial charge in [-0.05, 0) is 18.2 Å². The number of alkyl halides is 3. The predicted molar refractivity (Wildman–Crippen MR) is 80.2 cm³/mol. The van der Waals surface area contributed by atoms with Crippen LogP contribution in [0.1, 0.15) is 16.7 Å². The second-order valence-corrected chi connectivity index (χ2v) is 5.74. The monoisotopic (exact) mass is 334 g/mol. The zero-order valence-corrected chi connectivity index (χ0v) is 12.4. The lowest BCUT2D eigenvalue weighted by Gasteiger charge is -2.22. The molecular formula is C16H9F3N2OS. The van der Waals surface area contributed by atoms with Gasteiger partial charge in [0.15, 0.2) is 5.01 Å². The standard InChI is InChI=1S/C16H9F3N2OS/c17-16(18,19)15(10-4-2-1-3-5-10)22-11-6-7-12-13(8-11)23-14(9-20)21-12/h1-8,15H. The minimum atomic E-state index is -4.54. The van der Waals surface area contributed by atoms with Gasteiger partial charge in [-0.3, -0.25) is 0 Å². The maximum atomic E-state index is 13.3. The van der Waals surface area contributed by atoms with Gasteiger partial charge in [0, 0.05) is 5.56 Å². The van der Waals surface area contributed by atoms with Gasteiger partial charge in [0.05, 0.1) is 10.2 Å². The average Bonchev–Trinajstić information content (AvgIpc) is 2.94. The Morgan fingerprint density at radius 1 is 1.13 bits per heavy atom. The van der Waals surface area contributed by atoms with Gasteiger partial charge in [0.1, 0.15) is 11.8 Å². The summed E-state index contributed by atoms with van der Waals surface area (Å²) in [5.41, 5.74) is 0.587. The van der Waals surface area contributed by atoms with E-state index in [1.54, 1.807) is 12.1 Å². The van der Waals surface area contributed by atoms with Crippen molar-refractivity contribution in [2.75, 3.05) is 0 Å². The maximum absolute atomic E-state index is 13.3. The van der Waals surface area contributed by atoms with Crippen LogP contribution in [0.15, 0.2) is 48.5 Å². The number of fused-ring (bicyclic) bond motifs is 1. The second kappa shape index (κ2) is 5.89. The number of rotatable bonds is 3. The van der Waals surface area contributed by atoms with Crippen LogP contribution in [-0.4, -0.2) is 11.2 Å². The Hall–Kier alpha value is -2.59. The molecule has 0 spiro atoms. The van der Waals surface area contributed by atoms with Gasteiger partial charge in [-0.25, -0.2) is 4.98 Å². The molecule has 0 aliphatic heterocycles. The van der Waals surface area contributed by atoms with E-state index in [0.29, 0.717) is 10.2 Å². The quantitative estimate of drug-likeness (QED) is 0.688. The van der Waals surface area contributed by atoms with Crippen molar-refractivity contribution in [3.8, 4) is 11.8 Å². The molecule has 0 aliphatic carbocycles. The summed E-state index contributed by atoms with van der Waals surface area (Å²) in [6.45, 7) is 0. The smallest absolute Gasteiger partial charge is 0.429 e. The summed E-state index contributed by atoms with van der Waals surface area (Å²) in [4.78, 5) is 4.04. The molecule has 0 saturated carbocycles. The topological polar surface area (TPSA) is 45.9 Å². The van der Waals surface area contributed by atoms with E-state index in [1.807, 2.05) is 6.07 Å². The van der Waals surface area contributed by atoms with Crippen LogP contribution < -0.4 is 4.74 Å². The van der Waals surface area contributed by atoms with Gasteiger partial charge in [0.25, 0.3) is 0 Å². The van der Waals surface area contributed by atoms with E-state index >= 15 is 0 Å². The molecule has 1 unspecified atom stereocenters. The lowest BCUT2D eigenvalue weighted by Crippen LogP contribution is -2.26. The van der Waals surface area contributed by atoms with Crippen LogP contribution in [0.2, 0.25) is 0 Å². The number of hydrogen-bond acceptors (Lipinski definition) is 4. The third kappa shape index (κ3) is 3.27. The Balaban J connectivity index is 1.95. The number of thiazole rings is 1. The summed E-state index contributed by atoms with van der Waals surface area (Å²) in [6.07, 6.45) is -6.59. The first-order chi connectivity index (χ1) is 11.0. The van der Waals surface area contributed by atoms with E-state index in [4.69, 9.17) is 10.00 Å². The van der Waals surface area contributed by atoms with Gasteiger partial charge < -0.3 is 4.74 Å². The fourth-order valence-corrected chi connectivity index (χ4v) is 2.91. The summed E-state index contributed by atoms with van der Waals surface area (Å²) in [7, 11) is 0. The van der Waals surface area contributed by atoms with Crippen LogP contribution in [0.4, 0.5) is 13.2 Å². The molecule has 0 N–H and O–H groups in total. The molecule has 23 heavy (non-hydrogen) atoms. The van der Waals surface area contributed by atoms with Gasteiger partial charge >= 0.3 is 6.18 Å². The molecule has 1 aromatic heterocycles.